The van der Waals surface area contributed by atoms with E-state index in [2.05, 4.69) is 14.4 Å². The molecule has 0 aliphatic carbocycles. The normalized spacial score (nSPS) is 9.71. The fourth-order valence-corrected chi connectivity index (χ4v) is 1.58. The molecule has 0 spiro atoms. The molecular formula is C9H13ClN3P. The Morgan fingerprint density at radius 2 is 2.14 bits per heavy atom. The number of aromatic nitrogens is 2. The van der Waals surface area contributed by atoms with E-state index >= 15 is 0 Å². The lowest BCUT2D eigenvalue weighted by atomic mass is 10.3. The van der Waals surface area contributed by atoms with E-state index in [0.717, 1.165) is 11.0 Å². The van der Waals surface area contributed by atoms with Crippen LogP contribution >= 0.6 is 21.0 Å². The Hall–Kier alpha value is -0.790. The molecule has 0 bridgehead atoms. The molecule has 2 N–H and O–H groups in total. The van der Waals surface area contributed by atoms with E-state index in [1.165, 1.54) is 0 Å². The number of rotatable bonds is 0. The first kappa shape index (κ1) is 11.3. The lowest BCUT2D eigenvalue weighted by Gasteiger charge is -1.99. The molecule has 2 aromatic rings. The number of nitrogens with zero attached hydrogens (tertiary/aromatic N) is 2. The molecule has 0 amide bonds. The van der Waals surface area contributed by atoms with Crippen molar-refractivity contribution in [3.8, 4) is 0 Å². The third-order valence-electron chi connectivity index (χ3n) is 1.70. The Labute approximate surface area is 90.5 Å². The number of halogens is 1. The molecule has 76 valence electrons. The van der Waals surface area contributed by atoms with Crippen LogP contribution in [0.1, 0.15) is 13.8 Å². The Morgan fingerprint density at radius 3 is 2.79 bits per heavy atom. The molecule has 0 aliphatic rings. The van der Waals surface area contributed by atoms with Gasteiger partial charge in [-0.1, -0.05) is 25.4 Å². The predicted octanol–water partition coefficient (Wildman–Crippen LogP) is 2.94. The van der Waals surface area contributed by atoms with E-state index in [9.17, 15) is 0 Å². The third-order valence-corrected chi connectivity index (χ3v) is 2.54. The number of nitrogen functional groups attached to an aromatic ring is 1. The standard InChI is InChI=1S/C7H7ClN3P.C2H6/c8-6-4-1-2-11(12)7(4)10-3-5(6)9;1-2/h1-3H,9,12H2;1-2H3. The fraction of sp³-hybridized carbons (Fsp3) is 0.222. The number of hydrogen-bond donors (Lipinski definition) is 1. The lowest BCUT2D eigenvalue weighted by molar-refractivity contribution is 1.26. The third kappa shape index (κ3) is 1.84. The first-order chi connectivity index (χ1) is 6.70. The second kappa shape index (κ2) is 4.63. The molecule has 0 aliphatic heterocycles. The zero-order valence-electron chi connectivity index (χ0n) is 8.16. The summed E-state index contributed by atoms with van der Waals surface area (Å²) < 4.78 is 1.82. The summed E-state index contributed by atoms with van der Waals surface area (Å²) in [5.41, 5.74) is 6.92. The van der Waals surface area contributed by atoms with Crippen molar-refractivity contribution in [2.45, 2.75) is 13.8 Å². The van der Waals surface area contributed by atoms with Gasteiger partial charge in [-0.2, -0.15) is 0 Å². The molecule has 1 atom stereocenters. The summed E-state index contributed by atoms with van der Waals surface area (Å²) in [5, 5.41) is 1.45. The van der Waals surface area contributed by atoms with Gasteiger partial charge in [0.2, 0.25) is 0 Å². The minimum Gasteiger partial charge on any atom is -0.396 e. The fourth-order valence-electron chi connectivity index (χ4n) is 1.09. The maximum Gasteiger partial charge on any atom is 0.144 e. The van der Waals surface area contributed by atoms with Crippen LogP contribution in [0.5, 0.6) is 0 Å². The molecule has 3 nitrogen and oxygen atoms in total. The van der Waals surface area contributed by atoms with Crippen molar-refractivity contribution in [1.29, 1.82) is 0 Å². The minimum absolute atomic E-state index is 0.514. The lowest BCUT2D eigenvalue weighted by Crippen LogP contribution is -1.89. The monoisotopic (exact) mass is 229 g/mol. The summed E-state index contributed by atoms with van der Waals surface area (Å²) in [6, 6.07) is 1.88. The Balaban J connectivity index is 0.000000461. The topological polar surface area (TPSA) is 43.8 Å². The van der Waals surface area contributed by atoms with Crippen LogP contribution in [0.4, 0.5) is 5.69 Å². The van der Waals surface area contributed by atoms with E-state index < -0.39 is 0 Å². The highest BCUT2D eigenvalue weighted by Crippen LogP contribution is 2.28. The molecule has 0 saturated heterocycles. The van der Waals surface area contributed by atoms with E-state index in [0.29, 0.717) is 10.7 Å². The highest BCUT2D eigenvalue weighted by Gasteiger charge is 2.05. The molecular weight excluding hydrogens is 217 g/mol. The molecule has 2 aromatic heterocycles. The van der Waals surface area contributed by atoms with Crippen LogP contribution in [0.25, 0.3) is 11.0 Å². The van der Waals surface area contributed by atoms with Crippen molar-refractivity contribution in [3.63, 3.8) is 0 Å². The number of fused-ring (bicyclic) bond motifs is 1. The van der Waals surface area contributed by atoms with Gasteiger partial charge in [0.15, 0.2) is 0 Å². The van der Waals surface area contributed by atoms with Crippen molar-refractivity contribution in [2.75, 3.05) is 5.73 Å². The van der Waals surface area contributed by atoms with Gasteiger partial charge >= 0.3 is 0 Å². The number of hydrogen-bond acceptors (Lipinski definition) is 2. The van der Waals surface area contributed by atoms with Gasteiger partial charge in [-0.15, -0.1) is 0 Å². The molecule has 0 fully saturated rings. The second-order valence-corrected chi connectivity index (χ2v) is 3.42. The van der Waals surface area contributed by atoms with Gasteiger partial charge in [0.1, 0.15) is 5.65 Å². The summed E-state index contributed by atoms with van der Waals surface area (Å²) in [6.07, 6.45) is 3.43. The van der Waals surface area contributed by atoms with E-state index in [-0.39, 0.29) is 0 Å². The van der Waals surface area contributed by atoms with Crippen molar-refractivity contribution < 1.29 is 0 Å². The Bertz CT molecular complexity index is 439. The van der Waals surface area contributed by atoms with Crippen molar-refractivity contribution in [2.24, 2.45) is 0 Å². The van der Waals surface area contributed by atoms with Gasteiger partial charge in [-0.05, 0) is 15.5 Å². The molecule has 2 heterocycles. The van der Waals surface area contributed by atoms with Crippen molar-refractivity contribution in [1.82, 2.24) is 9.32 Å². The van der Waals surface area contributed by atoms with Crippen molar-refractivity contribution >= 4 is 37.7 Å². The predicted molar refractivity (Wildman–Crippen MR) is 65.6 cm³/mol. The highest BCUT2D eigenvalue weighted by atomic mass is 35.5. The van der Waals surface area contributed by atoms with Crippen LogP contribution < -0.4 is 5.73 Å². The summed E-state index contributed by atoms with van der Waals surface area (Å²) in [6.45, 7) is 4.00. The van der Waals surface area contributed by atoms with Gasteiger partial charge in [-0.3, -0.25) is 0 Å². The number of pyridine rings is 1. The van der Waals surface area contributed by atoms with Crippen molar-refractivity contribution in [3.05, 3.63) is 23.5 Å². The maximum absolute atomic E-state index is 5.95. The van der Waals surface area contributed by atoms with Gasteiger partial charge in [0, 0.05) is 11.6 Å². The summed E-state index contributed by atoms with van der Waals surface area (Å²) >= 11 is 5.95. The SMILES string of the molecule is CC.Nc1cnc2c(ccn2P)c1Cl. The highest BCUT2D eigenvalue weighted by molar-refractivity contribution is 7.14. The first-order valence-corrected chi connectivity index (χ1v) is 5.25. The largest absolute Gasteiger partial charge is 0.396 e. The van der Waals surface area contributed by atoms with Crippen LogP contribution in [0.3, 0.4) is 0 Å². The average molecular weight is 230 g/mol. The van der Waals surface area contributed by atoms with Gasteiger partial charge in [0.05, 0.1) is 16.9 Å². The molecule has 0 aromatic carbocycles. The van der Waals surface area contributed by atoms with E-state index in [1.807, 2.05) is 30.4 Å². The van der Waals surface area contributed by atoms with Gasteiger partial charge in [0.25, 0.3) is 0 Å². The molecule has 0 radical (unpaired) electrons. The molecule has 2 rings (SSSR count). The molecule has 5 heteroatoms. The van der Waals surface area contributed by atoms with Gasteiger partial charge < -0.3 is 10.1 Å². The van der Waals surface area contributed by atoms with E-state index in [4.69, 9.17) is 17.3 Å². The zero-order chi connectivity index (χ0) is 10.7. The van der Waals surface area contributed by atoms with Crippen LogP contribution in [0.2, 0.25) is 5.02 Å². The molecule has 14 heavy (non-hydrogen) atoms. The number of nitrogens with two attached hydrogens (primary N) is 1. The zero-order valence-corrected chi connectivity index (χ0v) is 10.1. The van der Waals surface area contributed by atoms with E-state index in [1.54, 1.807) is 6.20 Å². The first-order valence-electron chi connectivity index (χ1n) is 4.36. The van der Waals surface area contributed by atoms with Crippen LogP contribution in [0.15, 0.2) is 18.5 Å². The summed E-state index contributed by atoms with van der Waals surface area (Å²) in [5.74, 6) is 0. The van der Waals surface area contributed by atoms with Gasteiger partial charge in [-0.25, -0.2) is 4.98 Å². The summed E-state index contributed by atoms with van der Waals surface area (Å²) in [4.78, 5) is 4.13. The molecule has 0 saturated carbocycles. The smallest absolute Gasteiger partial charge is 0.144 e. The van der Waals surface area contributed by atoms with Crippen LogP contribution in [-0.2, 0) is 0 Å². The molecule has 1 unspecified atom stereocenters. The summed E-state index contributed by atoms with van der Waals surface area (Å²) in [7, 11) is 2.52. The number of anilines is 1. The Morgan fingerprint density at radius 1 is 1.50 bits per heavy atom. The quantitative estimate of drug-likeness (QED) is 0.706. The van der Waals surface area contributed by atoms with Crippen LogP contribution in [-0.4, -0.2) is 9.32 Å². The second-order valence-electron chi connectivity index (χ2n) is 2.49. The average Bonchev–Trinajstić information content (AvgIpc) is 2.58. The van der Waals surface area contributed by atoms with Crippen LogP contribution in [0, 0.1) is 0 Å². The minimum atomic E-state index is 0.514. The Kier molecular flexibility index (Phi) is 3.73. The maximum atomic E-state index is 5.95.